The van der Waals surface area contributed by atoms with E-state index in [4.69, 9.17) is 28.2 Å². The van der Waals surface area contributed by atoms with Gasteiger partial charge < -0.3 is 9.73 Å². The molecule has 2 N–H and O–H groups in total. The molecule has 0 saturated heterocycles. The molecule has 0 bridgehead atoms. The van der Waals surface area contributed by atoms with E-state index in [0.717, 1.165) is 21.7 Å². The van der Waals surface area contributed by atoms with Crippen LogP contribution in [0.25, 0.3) is 26.9 Å². The Kier molecular flexibility index (Phi) is 5.86. The number of fused-ring (bicyclic) bond motifs is 1. The van der Waals surface area contributed by atoms with Crippen LogP contribution in [0.3, 0.4) is 0 Å². The molecule has 0 spiro atoms. The summed E-state index contributed by atoms with van der Waals surface area (Å²) in [4.78, 5) is 13.4. The molecule has 3 heterocycles. The summed E-state index contributed by atoms with van der Waals surface area (Å²) in [6, 6.07) is 16.4. The topological polar surface area (TPSA) is 97.4 Å². The van der Waals surface area contributed by atoms with E-state index in [9.17, 15) is 4.79 Å². The van der Waals surface area contributed by atoms with Gasteiger partial charge in [0, 0.05) is 16.1 Å². The highest BCUT2D eigenvalue weighted by Crippen LogP contribution is 2.31. The molecular weight excluding hydrogens is 492 g/mol. The van der Waals surface area contributed by atoms with E-state index in [2.05, 4.69) is 25.9 Å². The van der Waals surface area contributed by atoms with Gasteiger partial charge >= 0.3 is 0 Å². The Morgan fingerprint density at radius 1 is 1.12 bits per heavy atom. The number of nitrogens with one attached hydrogen (secondary N) is 2. The van der Waals surface area contributed by atoms with Crippen LogP contribution in [0.15, 0.2) is 59.0 Å². The predicted molar refractivity (Wildman–Crippen MR) is 136 cm³/mol. The van der Waals surface area contributed by atoms with E-state index in [1.54, 1.807) is 22.7 Å². The molecule has 0 atom stereocenters. The average molecular weight is 509 g/mol. The largest absolute Gasteiger partial charge is 0.451 e. The lowest BCUT2D eigenvalue weighted by Crippen LogP contribution is -2.34. The minimum absolute atomic E-state index is 0.132. The van der Waals surface area contributed by atoms with Gasteiger partial charge in [0.2, 0.25) is 4.96 Å². The van der Waals surface area contributed by atoms with Gasteiger partial charge in [-0.25, -0.2) is 0 Å². The van der Waals surface area contributed by atoms with E-state index in [1.165, 1.54) is 11.3 Å². The second-order valence-electron chi connectivity index (χ2n) is 7.43. The number of hydrogen-bond donors (Lipinski definition) is 2. The number of halogens is 1. The Morgan fingerprint density at radius 2 is 1.94 bits per heavy atom. The summed E-state index contributed by atoms with van der Waals surface area (Å²) < 4.78 is 7.41. The Hall–Kier alpha value is -3.60. The maximum Gasteiger partial charge on any atom is 0.293 e. The molecular formula is C23H17ClN6O2S2. The Labute approximate surface area is 208 Å². The molecule has 34 heavy (non-hydrogen) atoms. The molecule has 0 aliphatic carbocycles. The van der Waals surface area contributed by atoms with E-state index in [-0.39, 0.29) is 10.9 Å². The fourth-order valence-corrected chi connectivity index (χ4v) is 4.59. The molecule has 0 aliphatic heterocycles. The van der Waals surface area contributed by atoms with Crippen molar-refractivity contribution in [2.24, 2.45) is 0 Å². The van der Waals surface area contributed by atoms with Crippen LogP contribution in [0.2, 0.25) is 5.02 Å². The highest BCUT2D eigenvalue weighted by atomic mass is 35.5. The van der Waals surface area contributed by atoms with Gasteiger partial charge in [-0.2, -0.15) is 9.61 Å². The van der Waals surface area contributed by atoms with Gasteiger partial charge in [-0.15, -0.1) is 10.2 Å². The first kappa shape index (κ1) is 22.2. The molecule has 2 aromatic carbocycles. The number of carbonyl (C=O) groups is 1. The fourth-order valence-electron chi connectivity index (χ4n) is 3.28. The van der Waals surface area contributed by atoms with Crippen LogP contribution in [0.1, 0.15) is 21.9 Å². The highest BCUT2D eigenvalue weighted by Gasteiger charge is 2.17. The van der Waals surface area contributed by atoms with Crippen LogP contribution in [0, 0.1) is 13.8 Å². The number of carbonyl (C=O) groups excluding carboxylic acids is 1. The van der Waals surface area contributed by atoms with Crippen molar-refractivity contribution in [1.82, 2.24) is 25.1 Å². The van der Waals surface area contributed by atoms with Gasteiger partial charge in [0.15, 0.2) is 16.7 Å². The predicted octanol–water partition coefficient (Wildman–Crippen LogP) is 5.51. The van der Waals surface area contributed by atoms with Gasteiger partial charge in [0.1, 0.15) is 10.8 Å². The molecule has 1 amide bonds. The number of furan rings is 1. The standard InChI is InChI=1S/C23H17ClN6O2S2/c1-12-7-8-14(11-16(12)24)18-9-10-19(32-18)20(31)26-22(33)25-17-6-4-3-5-15(17)21-29-30-13(2)27-28-23(30)34-21/h3-11H,1-2H3,(H2,25,26,31,33). The Bertz CT molecular complexity index is 1550. The zero-order valence-corrected chi connectivity index (χ0v) is 20.4. The number of thiocarbonyl (C=S) groups is 1. The molecule has 5 aromatic rings. The highest BCUT2D eigenvalue weighted by molar-refractivity contribution is 7.80. The summed E-state index contributed by atoms with van der Waals surface area (Å²) in [5.41, 5.74) is 3.27. The van der Waals surface area contributed by atoms with E-state index < -0.39 is 5.91 Å². The monoisotopic (exact) mass is 508 g/mol. The number of hydrogen-bond acceptors (Lipinski definition) is 7. The van der Waals surface area contributed by atoms with E-state index in [1.807, 2.05) is 50.2 Å². The van der Waals surface area contributed by atoms with Gasteiger partial charge in [-0.3, -0.25) is 10.1 Å². The molecule has 0 saturated carbocycles. The summed E-state index contributed by atoms with van der Waals surface area (Å²) in [5, 5.41) is 19.9. The van der Waals surface area contributed by atoms with Crippen LogP contribution in [-0.4, -0.2) is 30.8 Å². The second-order valence-corrected chi connectivity index (χ2v) is 9.20. The van der Waals surface area contributed by atoms with Crippen LogP contribution in [0.4, 0.5) is 5.69 Å². The summed E-state index contributed by atoms with van der Waals surface area (Å²) in [6.45, 7) is 3.76. The third kappa shape index (κ3) is 4.30. The second kappa shape index (κ2) is 8.98. The van der Waals surface area contributed by atoms with Crippen LogP contribution < -0.4 is 10.6 Å². The zero-order chi connectivity index (χ0) is 23.8. The molecule has 3 aromatic heterocycles. The first-order valence-corrected chi connectivity index (χ1v) is 11.8. The lowest BCUT2D eigenvalue weighted by molar-refractivity contribution is 0.0951. The number of aromatic nitrogens is 4. The van der Waals surface area contributed by atoms with Gasteiger partial charge in [0.25, 0.3) is 5.91 Å². The van der Waals surface area contributed by atoms with Crippen molar-refractivity contribution in [2.75, 3.05) is 5.32 Å². The van der Waals surface area contributed by atoms with E-state index in [0.29, 0.717) is 27.3 Å². The number of benzene rings is 2. The smallest absolute Gasteiger partial charge is 0.293 e. The molecule has 0 aliphatic rings. The molecule has 5 rings (SSSR count). The third-order valence-corrected chi connectivity index (χ3v) is 6.61. The molecule has 8 nitrogen and oxygen atoms in total. The lowest BCUT2D eigenvalue weighted by Gasteiger charge is -2.11. The number of nitrogens with zero attached hydrogens (tertiary/aromatic N) is 4. The first-order valence-electron chi connectivity index (χ1n) is 10.2. The van der Waals surface area contributed by atoms with Crippen molar-refractivity contribution in [3.63, 3.8) is 0 Å². The van der Waals surface area contributed by atoms with Crippen molar-refractivity contribution >= 4 is 56.8 Å². The zero-order valence-electron chi connectivity index (χ0n) is 18.0. The maximum absolute atomic E-state index is 12.7. The van der Waals surface area contributed by atoms with Gasteiger partial charge in [0.05, 0.1) is 5.69 Å². The number of anilines is 1. The summed E-state index contributed by atoms with van der Waals surface area (Å²) in [7, 11) is 0. The molecule has 0 fully saturated rings. The first-order chi connectivity index (χ1) is 16.4. The van der Waals surface area contributed by atoms with Gasteiger partial charge in [-0.05, 0) is 62.0 Å². The number of rotatable bonds is 4. The maximum atomic E-state index is 12.7. The van der Waals surface area contributed by atoms with Crippen molar-refractivity contribution in [3.8, 4) is 21.9 Å². The molecule has 170 valence electrons. The minimum atomic E-state index is -0.464. The summed E-state index contributed by atoms with van der Waals surface area (Å²) in [6.07, 6.45) is 0. The normalized spacial score (nSPS) is 11.0. The van der Waals surface area contributed by atoms with Gasteiger partial charge in [-0.1, -0.05) is 47.2 Å². The van der Waals surface area contributed by atoms with Crippen LogP contribution >= 0.6 is 35.2 Å². The summed E-state index contributed by atoms with van der Waals surface area (Å²) >= 11 is 13.0. The Balaban J connectivity index is 1.31. The number of amides is 1. The molecule has 11 heteroatoms. The summed E-state index contributed by atoms with van der Waals surface area (Å²) in [5.74, 6) is 0.911. The number of aryl methyl sites for hydroxylation is 2. The number of para-hydroxylation sites is 1. The average Bonchev–Trinajstić information content (AvgIpc) is 3.54. The van der Waals surface area contributed by atoms with Crippen LogP contribution in [-0.2, 0) is 0 Å². The SMILES string of the molecule is Cc1ccc(-c2ccc(C(=O)NC(=S)Nc3ccccc3-c3nn4c(C)nnc4s3)o2)cc1Cl. The van der Waals surface area contributed by atoms with E-state index >= 15 is 0 Å². The molecule has 0 radical (unpaired) electrons. The van der Waals surface area contributed by atoms with Crippen molar-refractivity contribution in [2.45, 2.75) is 13.8 Å². The van der Waals surface area contributed by atoms with Crippen molar-refractivity contribution in [3.05, 3.63) is 76.8 Å². The minimum Gasteiger partial charge on any atom is -0.451 e. The molecule has 0 unspecified atom stereocenters. The van der Waals surface area contributed by atoms with Crippen molar-refractivity contribution in [1.29, 1.82) is 0 Å². The quantitative estimate of drug-likeness (QED) is 0.309. The Morgan fingerprint density at radius 3 is 2.74 bits per heavy atom. The third-order valence-electron chi connectivity index (χ3n) is 5.07. The lowest BCUT2D eigenvalue weighted by atomic mass is 10.1. The fraction of sp³-hybridized carbons (Fsp3) is 0.0870. The van der Waals surface area contributed by atoms with Crippen LogP contribution in [0.5, 0.6) is 0 Å². The van der Waals surface area contributed by atoms with Crippen molar-refractivity contribution < 1.29 is 9.21 Å².